The fourth-order valence-electron chi connectivity index (χ4n) is 1.91. The average molecular weight is 295 g/mol. The van der Waals surface area contributed by atoms with Crippen LogP contribution in [0, 0.1) is 0 Å². The molecular formula is C13H17N3O3S. The maximum Gasteiger partial charge on any atom is 0.182 e. The third-order valence-electron chi connectivity index (χ3n) is 3.04. The molecule has 108 valence electrons. The minimum Gasteiger partial charge on any atom is -0.495 e. The van der Waals surface area contributed by atoms with Crippen molar-refractivity contribution in [3.05, 3.63) is 36.4 Å². The standard InChI is InChI=1S/C13H17N3O3S/c1-16-7-6-15-13(16)5-8-20(17,18)12-4-3-10(14)9-11(12)19-2/h3-4,6-7,9H,5,8,14H2,1-2H3. The van der Waals surface area contributed by atoms with Gasteiger partial charge in [-0.25, -0.2) is 13.4 Å². The first-order valence-electron chi connectivity index (χ1n) is 6.06. The van der Waals surface area contributed by atoms with E-state index in [0.717, 1.165) is 5.82 Å². The van der Waals surface area contributed by atoms with Gasteiger partial charge in [0, 0.05) is 37.6 Å². The molecule has 1 aromatic carbocycles. The van der Waals surface area contributed by atoms with E-state index >= 15 is 0 Å². The fourth-order valence-corrected chi connectivity index (χ4v) is 3.31. The third kappa shape index (κ3) is 2.93. The molecule has 2 N–H and O–H groups in total. The summed E-state index contributed by atoms with van der Waals surface area (Å²) in [6.45, 7) is 0. The summed E-state index contributed by atoms with van der Waals surface area (Å²) >= 11 is 0. The van der Waals surface area contributed by atoms with Gasteiger partial charge in [0.25, 0.3) is 0 Å². The highest BCUT2D eigenvalue weighted by molar-refractivity contribution is 7.91. The summed E-state index contributed by atoms with van der Waals surface area (Å²) in [7, 11) is -0.191. The van der Waals surface area contributed by atoms with E-state index in [9.17, 15) is 8.42 Å². The molecule has 0 aliphatic heterocycles. The number of rotatable bonds is 5. The molecule has 0 saturated heterocycles. The van der Waals surface area contributed by atoms with Gasteiger partial charge in [-0.3, -0.25) is 0 Å². The predicted molar refractivity (Wildman–Crippen MR) is 76.4 cm³/mol. The molecule has 0 aliphatic carbocycles. The Kier molecular flexibility index (Phi) is 3.99. The van der Waals surface area contributed by atoms with Crippen molar-refractivity contribution in [1.82, 2.24) is 9.55 Å². The lowest BCUT2D eigenvalue weighted by Gasteiger charge is -2.10. The van der Waals surface area contributed by atoms with Gasteiger partial charge in [0.05, 0.1) is 12.9 Å². The van der Waals surface area contributed by atoms with Crippen LogP contribution in [-0.4, -0.2) is 30.8 Å². The van der Waals surface area contributed by atoms with Crippen LogP contribution in [0.3, 0.4) is 0 Å². The van der Waals surface area contributed by atoms with Crippen molar-refractivity contribution in [1.29, 1.82) is 0 Å². The first kappa shape index (κ1) is 14.4. The molecular weight excluding hydrogens is 278 g/mol. The number of methoxy groups -OCH3 is 1. The first-order chi connectivity index (χ1) is 9.44. The Morgan fingerprint density at radius 1 is 1.40 bits per heavy atom. The fraction of sp³-hybridized carbons (Fsp3) is 0.308. The summed E-state index contributed by atoms with van der Waals surface area (Å²) in [5.74, 6) is 0.964. The second kappa shape index (κ2) is 5.54. The van der Waals surface area contributed by atoms with Crippen molar-refractivity contribution in [2.24, 2.45) is 7.05 Å². The van der Waals surface area contributed by atoms with Crippen molar-refractivity contribution in [2.45, 2.75) is 11.3 Å². The van der Waals surface area contributed by atoms with Crippen LogP contribution < -0.4 is 10.5 Å². The zero-order valence-corrected chi connectivity index (χ0v) is 12.2. The zero-order chi connectivity index (χ0) is 14.8. The molecule has 6 nitrogen and oxygen atoms in total. The predicted octanol–water partition coefficient (Wildman–Crippen LogP) is 1.03. The summed E-state index contributed by atoms with van der Waals surface area (Å²) in [5, 5.41) is 0. The van der Waals surface area contributed by atoms with E-state index < -0.39 is 9.84 Å². The van der Waals surface area contributed by atoms with Gasteiger partial charge in [-0.15, -0.1) is 0 Å². The van der Waals surface area contributed by atoms with Crippen LogP contribution in [0.4, 0.5) is 5.69 Å². The van der Waals surface area contributed by atoms with Crippen LogP contribution in [0.1, 0.15) is 5.82 Å². The topological polar surface area (TPSA) is 87.2 Å². The Morgan fingerprint density at radius 3 is 2.75 bits per heavy atom. The van der Waals surface area contributed by atoms with Crippen LogP contribution in [0.5, 0.6) is 5.75 Å². The normalized spacial score (nSPS) is 11.5. The van der Waals surface area contributed by atoms with E-state index in [2.05, 4.69) is 4.98 Å². The van der Waals surface area contributed by atoms with Crippen LogP contribution in [-0.2, 0) is 23.3 Å². The molecule has 0 amide bonds. The molecule has 0 fully saturated rings. The first-order valence-corrected chi connectivity index (χ1v) is 7.72. The van der Waals surface area contributed by atoms with Gasteiger partial charge < -0.3 is 15.0 Å². The number of nitrogen functional groups attached to an aromatic ring is 1. The number of hydrogen-bond acceptors (Lipinski definition) is 5. The smallest absolute Gasteiger partial charge is 0.182 e. The molecule has 2 aromatic rings. The van der Waals surface area contributed by atoms with Crippen LogP contribution >= 0.6 is 0 Å². The Morgan fingerprint density at radius 2 is 2.15 bits per heavy atom. The van der Waals surface area contributed by atoms with Crippen molar-refractivity contribution in [2.75, 3.05) is 18.6 Å². The number of nitrogens with zero attached hydrogens (tertiary/aromatic N) is 2. The van der Waals surface area contributed by atoms with Crippen LogP contribution in [0.25, 0.3) is 0 Å². The average Bonchev–Trinajstić information content (AvgIpc) is 2.81. The van der Waals surface area contributed by atoms with E-state index in [1.54, 1.807) is 23.0 Å². The number of nitrogens with two attached hydrogens (primary N) is 1. The molecule has 0 bridgehead atoms. The second-order valence-corrected chi connectivity index (χ2v) is 6.51. The quantitative estimate of drug-likeness (QED) is 0.832. The van der Waals surface area contributed by atoms with E-state index in [4.69, 9.17) is 10.5 Å². The number of ether oxygens (including phenoxy) is 1. The zero-order valence-electron chi connectivity index (χ0n) is 11.4. The largest absolute Gasteiger partial charge is 0.495 e. The van der Waals surface area contributed by atoms with Crippen LogP contribution in [0.15, 0.2) is 35.5 Å². The molecule has 0 spiro atoms. The second-order valence-electron chi connectivity index (χ2n) is 4.43. The van der Waals surface area contributed by atoms with E-state index in [0.29, 0.717) is 12.1 Å². The molecule has 1 aromatic heterocycles. The summed E-state index contributed by atoms with van der Waals surface area (Å²) in [5.41, 5.74) is 6.09. The van der Waals surface area contributed by atoms with Gasteiger partial charge in [-0.2, -0.15) is 0 Å². The molecule has 0 aliphatic rings. The lowest BCUT2D eigenvalue weighted by atomic mass is 10.3. The summed E-state index contributed by atoms with van der Waals surface area (Å²) < 4.78 is 31.6. The molecule has 0 unspecified atom stereocenters. The third-order valence-corrected chi connectivity index (χ3v) is 4.79. The van der Waals surface area contributed by atoms with E-state index in [1.807, 2.05) is 7.05 Å². The highest BCUT2D eigenvalue weighted by atomic mass is 32.2. The SMILES string of the molecule is COc1cc(N)ccc1S(=O)(=O)CCc1nccn1C. The molecule has 0 saturated carbocycles. The van der Waals surface area contributed by atoms with Gasteiger partial charge in [0.2, 0.25) is 0 Å². The van der Waals surface area contributed by atoms with Gasteiger partial charge in [0.15, 0.2) is 9.84 Å². The number of aromatic nitrogens is 2. The van der Waals surface area contributed by atoms with Gasteiger partial charge in [-0.05, 0) is 12.1 Å². The maximum atomic E-state index is 12.4. The molecule has 1 heterocycles. The summed E-state index contributed by atoms with van der Waals surface area (Å²) in [4.78, 5) is 4.27. The molecule has 20 heavy (non-hydrogen) atoms. The summed E-state index contributed by atoms with van der Waals surface area (Å²) in [6.07, 6.45) is 3.77. The highest BCUT2D eigenvalue weighted by Gasteiger charge is 2.20. The number of sulfone groups is 1. The number of hydrogen-bond donors (Lipinski definition) is 1. The summed E-state index contributed by atoms with van der Waals surface area (Å²) in [6, 6.07) is 4.53. The highest BCUT2D eigenvalue weighted by Crippen LogP contribution is 2.27. The Labute approximate surface area is 118 Å². The van der Waals surface area contributed by atoms with Crippen molar-refractivity contribution < 1.29 is 13.2 Å². The lowest BCUT2D eigenvalue weighted by Crippen LogP contribution is -2.13. The molecule has 7 heteroatoms. The molecule has 2 rings (SSSR count). The Hall–Kier alpha value is -2.02. The van der Waals surface area contributed by atoms with Gasteiger partial charge >= 0.3 is 0 Å². The maximum absolute atomic E-state index is 12.4. The number of anilines is 1. The minimum absolute atomic E-state index is 0.0296. The number of aryl methyl sites for hydroxylation is 2. The van der Waals surface area contributed by atoms with Crippen LogP contribution in [0.2, 0.25) is 0 Å². The van der Waals surface area contributed by atoms with Crippen molar-refractivity contribution >= 4 is 15.5 Å². The Bertz CT molecular complexity index is 707. The van der Waals surface area contributed by atoms with Gasteiger partial charge in [-0.1, -0.05) is 0 Å². The molecule has 0 radical (unpaired) electrons. The van der Waals surface area contributed by atoms with Gasteiger partial charge in [0.1, 0.15) is 16.5 Å². The monoisotopic (exact) mass is 295 g/mol. The number of imidazole rings is 1. The minimum atomic E-state index is -3.45. The molecule has 0 atom stereocenters. The van der Waals surface area contributed by atoms with Crippen molar-refractivity contribution in [3.8, 4) is 5.75 Å². The lowest BCUT2D eigenvalue weighted by molar-refractivity contribution is 0.403. The van der Waals surface area contributed by atoms with Crippen molar-refractivity contribution in [3.63, 3.8) is 0 Å². The Balaban J connectivity index is 2.25. The van der Waals surface area contributed by atoms with E-state index in [1.165, 1.54) is 19.2 Å². The number of benzene rings is 1. The van der Waals surface area contributed by atoms with E-state index in [-0.39, 0.29) is 16.4 Å².